The topological polar surface area (TPSA) is 54.4 Å². The number of hydrogen-bond donors (Lipinski definition) is 1. The fourth-order valence-corrected chi connectivity index (χ4v) is 3.46. The first-order valence-electron chi connectivity index (χ1n) is 4.85. The molecule has 3 nitrogen and oxygen atoms in total. The predicted molar refractivity (Wildman–Crippen MR) is 52.3 cm³/mol. The second kappa shape index (κ2) is 3.96. The minimum absolute atomic E-state index is 0.212. The van der Waals surface area contributed by atoms with E-state index in [4.69, 9.17) is 0 Å². The third kappa shape index (κ3) is 2.44. The van der Waals surface area contributed by atoms with E-state index in [9.17, 15) is 13.5 Å². The minimum atomic E-state index is -2.93. The fourth-order valence-electron chi connectivity index (χ4n) is 1.76. The lowest BCUT2D eigenvalue weighted by Crippen LogP contribution is -2.33. The van der Waals surface area contributed by atoms with Crippen LogP contribution in [-0.2, 0) is 9.84 Å². The Bertz CT molecular complexity index is 248. The van der Waals surface area contributed by atoms with Gasteiger partial charge in [0.05, 0.1) is 16.6 Å². The molecule has 1 aliphatic rings. The highest BCUT2D eigenvalue weighted by Gasteiger charge is 2.31. The average Bonchev–Trinajstić information content (AvgIpc) is 2.04. The Morgan fingerprint density at radius 1 is 1.15 bits per heavy atom. The van der Waals surface area contributed by atoms with E-state index in [1.54, 1.807) is 13.8 Å². The van der Waals surface area contributed by atoms with Crippen molar-refractivity contribution in [2.24, 2.45) is 0 Å². The fraction of sp³-hybridized carbons (Fsp3) is 1.00. The van der Waals surface area contributed by atoms with Crippen molar-refractivity contribution in [1.82, 2.24) is 0 Å². The predicted octanol–water partition coefficient (Wildman–Crippen LogP) is 1.11. The van der Waals surface area contributed by atoms with Gasteiger partial charge in [0, 0.05) is 0 Å². The molecule has 0 bridgehead atoms. The van der Waals surface area contributed by atoms with Crippen LogP contribution in [0.5, 0.6) is 0 Å². The number of rotatable bonds is 2. The molecule has 0 aromatic rings. The maximum atomic E-state index is 11.7. The molecule has 4 heteroatoms. The first-order chi connectivity index (χ1) is 5.94. The van der Waals surface area contributed by atoms with Crippen LogP contribution in [0.25, 0.3) is 0 Å². The molecule has 0 unspecified atom stereocenters. The smallest absolute Gasteiger partial charge is 0.155 e. The van der Waals surface area contributed by atoms with Gasteiger partial charge in [-0.2, -0.15) is 0 Å². The number of hydrogen-bond acceptors (Lipinski definition) is 3. The van der Waals surface area contributed by atoms with Gasteiger partial charge in [0.15, 0.2) is 9.84 Å². The van der Waals surface area contributed by atoms with Crippen molar-refractivity contribution in [2.75, 3.05) is 0 Å². The zero-order chi connectivity index (χ0) is 10.1. The zero-order valence-electron chi connectivity index (χ0n) is 8.23. The van der Waals surface area contributed by atoms with Gasteiger partial charge < -0.3 is 5.11 Å². The van der Waals surface area contributed by atoms with Gasteiger partial charge in [0.1, 0.15) is 0 Å². The van der Waals surface area contributed by atoms with Crippen molar-refractivity contribution in [3.05, 3.63) is 0 Å². The van der Waals surface area contributed by atoms with E-state index < -0.39 is 9.84 Å². The summed E-state index contributed by atoms with van der Waals surface area (Å²) in [7, 11) is -2.93. The van der Waals surface area contributed by atoms with E-state index in [1.165, 1.54) is 0 Å². The quantitative estimate of drug-likeness (QED) is 0.736. The van der Waals surface area contributed by atoms with E-state index >= 15 is 0 Å². The molecule has 0 saturated heterocycles. The lowest BCUT2D eigenvalue weighted by molar-refractivity contribution is 0.131. The van der Waals surface area contributed by atoms with Crippen molar-refractivity contribution >= 4 is 9.84 Å². The normalized spacial score (nSPS) is 30.8. The van der Waals surface area contributed by atoms with Crippen LogP contribution in [0.3, 0.4) is 0 Å². The molecule has 0 aromatic carbocycles. The summed E-state index contributed by atoms with van der Waals surface area (Å²) in [6, 6.07) is 0. The Kier molecular flexibility index (Phi) is 3.35. The van der Waals surface area contributed by atoms with Crippen molar-refractivity contribution in [3.8, 4) is 0 Å². The molecule has 0 aromatic heterocycles. The second-order valence-corrected chi connectivity index (χ2v) is 6.86. The van der Waals surface area contributed by atoms with Gasteiger partial charge in [0.2, 0.25) is 0 Å². The van der Waals surface area contributed by atoms with Crippen LogP contribution in [0.2, 0.25) is 0 Å². The summed E-state index contributed by atoms with van der Waals surface area (Å²) < 4.78 is 23.4. The SMILES string of the molecule is CC(C)S(=O)(=O)C1CCC(O)CC1. The molecule has 0 radical (unpaired) electrons. The third-order valence-corrected chi connectivity index (χ3v) is 5.48. The first-order valence-corrected chi connectivity index (χ1v) is 6.46. The van der Waals surface area contributed by atoms with E-state index in [0.717, 1.165) is 0 Å². The van der Waals surface area contributed by atoms with Gasteiger partial charge in [0.25, 0.3) is 0 Å². The number of aliphatic hydroxyl groups excluding tert-OH is 1. The zero-order valence-corrected chi connectivity index (χ0v) is 9.05. The van der Waals surface area contributed by atoms with Gasteiger partial charge in [-0.05, 0) is 39.5 Å². The van der Waals surface area contributed by atoms with Gasteiger partial charge in [-0.3, -0.25) is 0 Å². The van der Waals surface area contributed by atoms with Crippen molar-refractivity contribution in [1.29, 1.82) is 0 Å². The molecular weight excluding hydrogens is 188 g/mol. The van der Waals surface area contributed by atoms with E-state index in [2.05, 4.69) is 0 Å². The Labute approximate surface area is 80.1 Å². The Morgan fingerprint density at radius 2 is 1.62 bits per heavy atom. The van der Waals surface area contributed by atoms with Crippen LogP contribution in [0.15, 0.2) is 0 Å². The molecule has 0 aliphatic heterocycles. The minimum Gasteiger partial charge on any atom is -0.393 e. The molecular formula is C9H18O3S. The Balaban J connectivity index is 2.64. The Morgan fingerprint density at radius 3 is 2.00 bits per heavy atom. The maximum Gasteiger partial charge on any atom is 0.155 e. The van der Waals surface area contributed by atoms with Crippen molar-refractivity contribution < 1.29 is 13.5 Å². The van der Waals surface area contributed by atoms with Crippen LogP contribution in [0.4, 0.5) is 0 Å². The molecule has 13 heavy (non-hydrogen) atoms. The summed E-state index contributed by atoms with van der Waals surface area (Å²) in [5.74, 6) is 0. The molecule has 1 fully saturated rings. The van der Waals surface area contributed by atoms with Gasteiger partial charge in [-0.15, -0.1) is 0 Å². The molecule has 1 aliphatic carbocycles. The highest BCUT2D eigenvalue weighted by Crippen LogP contribution is 2.26. The van der Waals surface area contributed by atoms with Crippen LogP contribution >= 0.6 is 0 Å². The molecule has 0 heterocycles. The van der Waals surface area contributed by atoms with Crippen LogP contribution in [-0.4, -0.2) is 30.1 Å². The molecule has 0 atom stereocenters. The average molecular weight is 206 g/mol. The summed E-state index contributed by atoms with van der Waals surface area (Å²) in [6.45, 7) is 3.45. The monoisotopic (exact) mass is 206 g/mol. The summed E-state index contributed by atoms with van der Waals surface area (Å²) in [6.07, 6.45) is 2.25. The highest BCUT2D eigenvalue weighted by molar-refractivity contribution is 7.92. The lowest BCUT2D eigenvalue weighted by Gasteiger charge is -2.26. The summed E-state index contributed by atoms with van der Waals surface area (Å²) in [4.78, 5) is 0. The van der Waals surface area contributed by atoms with Gasteiger partial charge in [-0.1, -0.05) is 0 Å². The summed E-state index contributed by atoms with van der Waals surface area (Å²) in [5.41, 5.74) is 0. The second-order valence-electron chi connectivity index (χ2n) is 4.07. The van der Waals surface area contributed by atoms with Crippen molar-refractivity contribution in [2.45, 2.75) is 56.1 Å². The summed E-state index contributed by atoms with van der Waals surface area (Å²) in [5, 5.41) is 8.74. The molecule has 1 N–H and O–H groups in total. The molecule has 0 amide bonds. The lowest BCUT2D eigenvalue weighted by atomic mass is 9.97. The largest absolute Gasteiger partial charge is 0.393 e. The molecule has 1 rings (SSSR count). The summed E-state index contributed by atoms with van der Waals surface area (Å²) >= 11 is 0. The number of aliphatic hydroxyl groups is 1. The molecule has 78 valence electrons. The van der Waals surface area contributed by atoms with E-state index in [1.807, 2.05) is 0 Å². The third-order valence-electron chi connectivity index (χ3n) is 2.77. The van der Waals surface area contributed by atoms with Gasteiger partial charge in [-0.25, -0.2) is 8.42 Å². The van der Waals surface area contributed by atoms with E-state index in [-0.39, 0.29) is 16.6 Å². The van der Waals surface area contributed by atoms with Crippen LogP contribution in [0, 0.1) is 0 Å². The van der Waals surface area contributed by atoms with Crippen LogP contribution < -0.4 is 0 Å². The van der Waals surface area contributed by atoms with Gasteiger partial charge >= 0.3 is 0 Å². The highest BCUT2D eigenvalue weighted by atomic mass is 32.2. The molecule has 1 saturated carbocycles. The standard InChI is InChI=1S/C9H18O3S/c1-7(2)13(11,12)9-5-3-8(10)4-6-9/h7-10H,3-6H2,1-2H3. The number of sulfone groups is 1. The molecule has 0 spiro atoms. The first kappa shape index (κ1) is 11.0. The van der Waals surface area contributed by atoms with E-state index in [0.29, 0.717) is 25.7 Å². The Hall–Kier alpha value is -0.0900. The van der Waals surface area contributed by atoms with Crippen LogP contribution in [0.1, 0.15) is 39.5 Å². The van der Waals surface area contributed by atoms with Crippen molar-refractivity contribution in [3.63, 3.8) is 0 Å². The maximum absolute atomic E-state index is 11.7.